The van der Waals surface area contributed by atoms with E-state index >= 15 is 0 Å². The van der Waals surface area contributed by atoms with Gasteiger partial charge in [-0.2, -0.15) is 0 Å². The van der Waals surface area contributed by atoms with Gasteiger partial charge in [0.1, 0.15) is 6.61 Å². The highest BCUT2D eigenvalue weighted by atomic mass is 16.5. The number of hydrogen-bond donors (Lipinski definition) is 1. The Labute approximate surface area is 187 Å². The van der Waals surface area contributed by atoms with Crippen molar-refractivity contribution < 1.29 is 9.47 Å². The molecule has 1 saturated heterocycles. The number of nitrogens with zero attached hydrogens (tertiary/aromatic N) is 7. The van der Waals surface area contributed by atoms with Crippen LogP contribution in [0.15, 0.2) is 30.7 Å². The fraction of sp³-hybridized carbons (Fsp3) is 0.409. The number of nitrogens with two attached hydrogens (primary N) is 1. The van der Waals surface area contributed by atoms with Crippen molar-refractivity contribution in [3.05, 3.63) is 36.3 Å². The average Bonchev–Trinajstić information content (AvgIpc) is 2.80. The number of nitrogen functional groups attached to an aromatic ring is 1. The van der Waals surface area contributed by atoms with Gasteiger partial charge < -0.3 is 25.0 Å². The molecular formula is C22H28N8O2. The van der Waals surface area contributed by atoms with E-state index in [4.69, 9.17) is 25.2 Å². The summed E-state index contributed by atoms with van der Waals surface area (Å²) in [5, 5.41) is 0. The maximum atomic E-state index is 5.84. The summed E-state index contributed by atoms with van der Waals surface area (Å²) in [6.07, 6.45) is 5.11. The zero-order chi connectivity index (χ0) is 22.5. The third-order valence-corrected chi connectivity index (χ3v) is 5.17. The molecule has 1 aliphatic heterocycles. The maximum absolute atomic E-state index is 5.84. The normalized spacial score (nSPS) is 14.1. The molecule has 0 unspecified atom stereocenters. The summed E-state index contributed by atoms with van der Waals surface area (Å²) in [6.45, 7) is 6.11. The Hall–Kier alpha value is -3.37. The van der Waals surface area contributed by atoms with E-state index in [1.165, 1.54) is 0 Å². The summed E-state index contributed by atoms with van der Waals surface area (Å²) in [4.78, 5) is 26.6. The third kappa shape index (κ3) is 5.09. The second kappa shape index (κ2) is 9.84. The van der Waals surface area contributed by atoms with Crippen LogP contribution < -0.4 is 15.4 Å². The Morgan fingerprint density at radius 3 is 2.44 bits per heavy atom. The minimum Gasteiger partial charge on any atom is -0.476 e. The lowest BCUT2D eigenvalue weighted by molar-refractivity contribution is 0.122. The quantitative estimate of drug-likeness (QED) is 0.586. The van der Waals surface area contributed by atoms with Crippen LogP contribution in [0.4, 0.5) is 11.9 Å². The van der Waals surface area contributed by atoms with Gasteiger partial charge in [-0.1, -0.05) is 0 Å². The molecule has 1 aliphatic rings. The molecule has 0 atom stereocenters. The summed E-state index contributed by atoms with van der Waals surface area (Å²) in [5.41, 5.74) is 9.88. The van der Waals surface area contributed by atoms with Gasteiger partial charge in [-0.15, -0.1) is 0 Å². The van der Waals surface area contributed by atoms with Crippen molar-refractivity contribution in [3.8, 4) is 28.4 Å². The van der Waals surface area contributed by atoms with Gasteiger partial charge >= 0.3 is 0 Å². The zero-order valence-electron chi connectivity index (χ0n) is 18.7. The van der Waals surface area contributed by atoms with Crippen molar-refractivity contribution in [1.82, 2.24) is 29.8 Å². The molecule has 0 amide bonds. The van der Waals surface area contributed by atoms with E-state index in [0.29, 0.717) is 31.6 Å². The van der Waals surface area contributed by atoms with Gasteiger partial charge in [0.25, 0.3) is 0 Å². The molecule has 4 rings (SSSR count). The SMILES string of the molecule is Cc1c(-c2cnc(N)nc2)nc(N2CCOCC2)nc1-c1ccnc(OCCN(C)C)c1. The fourth-order valence-electron chi connectivity index (χ4n) is 3.40. The average molecular weight is 437 g/mol. The molecule has 32 heavy (non-hydrogen) atoms. The number of aromatic nitrogens is 5. The van der Waals surface area contributed by atoms with Gasteiger partial charge in [0.15, 0.2) is 0 Å². The van der Waals surface area contributed by atoms with E-state index in [2.05, 4.69) is 24.8 Å². The smallest absolute Gasteiger partial charge is 0.226 e. The van der Waals surface area contributed by atoms with Crippen LogP contribution in [0.2, 0.25) is 0 Å². The Morgan fingerprint density at radius 1 is 1.06 bits per heavy atom. The van der Waals surface area contributed by atoms with E-state index in [9.17, 15) is 0 Å². The van der Waals surface area contributed by atoms with E-state index in [1.807, 2.05) is 33.2 Å². The standard InChI is InChI=1S/C22H28N8O2/c1-15-19(16-4-5-24-18(12-16)32-11-6-29(2)3)27-22(30-7-9-31-10-8-30)28-20(15)17-13-25-21(23)26-14-17/h4-5,12-14H,6-11H2,1-3H3,(H2,23,25,26). The molecule has 0 bridgehead atoms. The van der Waals surface area contributed by atoms with E-state index in [1.54, 1.807) is 18.6 Å². The van der Waals surface area contributed by atoms with Gasteiger partial charge in [0, 0.05) is 61.0 Å². The van der Waals surface area contributed by atoms with Crippen LogP contribution >= 0.6 is 0 Å². The van der Waals surface area contributed by atoms with Crippen molar-refractivity contribution in [2.45, 2.75) is 6.92 Å². The van der Waals surface area contributed by atoms with E-state index in [0.717, 1.165) is 47.7 Å². The number of ether oxygens (including phenoxy) is 2. The number of likely N-dealkylation sites (N-methyl/N-ethyl adjacent to an activating group) is 1. The van der Waals surface area contributed by atoms with Crippen molar-refractivity contribution in [3.63, 3.8) is 0 Å². The van der Waals surface area contributed by atoms with Crippen molar-refractivity contribution in [2.75, 3.05) is 64.2 Å². The zero-order valence-corrected chi connectivity index (χ0v) is 18.7. The van der Waals surface area contributed by atoms with Crippen LogP contribution in [-0.4, -0.2) is 83.4 Å². The molecule has 2 N–H and O–H groups in total. The van der Waals surface area contributed by atoms with E-state index < -0.39 is 0 Å². The molecule has 0 aromatic carbocycles. The molecule has 4 heterocycles. The maximum Gasteiger partial charge on any atom is 0.226 e. The predicted octanol–water partition coefficient (Wildman–Crippen LogP) is 1.66. The van der Waals surface area contributed by atoms with Crippen LogP contribution in [0.5, 0.6) is 5.88 Å². The second-order valence-electron chi connectivity index (χ2n) is 7.81. The molecule has 168 valence electrons. The summed E-state index contributed by atoms with van der Waals surface area (Å²) >= 11 is 0. The minimum absolute atomic E-state index is 0.225. The van der Waals surface area contributed by atoms with E-state index in [-0.39, 0.29) is 5.95 Å². The fourth-order valence-corrected chi connectivity index (χ4v) is 3.40. The molecule has 0 radical (unpaired) electrons. The van der Waals surface area contributed by atoms with Gasteiger partial charge in [-0.05, 0) is 27.1 Å². The first kappa shape index (κ1) is 21.8. The van der Waals surface area contributed by atoms with Crippen molar-refractivity contribution in [1.29, 1.82) is 0 Å². The lowest BCUT2D eigenvalue weighted by Gasteiger charge is -2.28. The van der Waals surface area contributed by atoms with Crippen LogP contribution in [-0.2, 0) is 4.74 Å². The van der Waals surface area contributed by atoms with Gasteiger partial charge in [-0.25, -0.2) is 24.9 Å². The highest BCUT2D eigenvalue weighted by molar-refractivity contribution is 5.74. The first-order valence-electron chi connectivity index (χ1n) is 10.5. The van der Waals surface area contributed by atoms with Crippen LogP contribution in [0, 0.1) is 6.92 Å². The Balaban J connectivity index is 1.75. The third-order valence-electron chi connectivity index (χ3n) is 5.17. The second-order valence-corrected chi connectivity index (χ2v) is 7.81. The lowest BCUT2D eigenvalue weighted by Crippen LogP contribution is -2.37. The number of anilines is 2. The Morgan fingerprint density at radius 2 is 1.75 bits per heavy atom. The minimum atomic E-state index is 0.225. The lowest BCUT2D eigenvalue weighted by atomic mass is 10.0. The van der Waals surface area contributed by atoms with Crippen molar-refractivity contribution >= 4 is 11.9 Å². The summed E-state index contributed by atoms with van der Waals surface area (Å²) in [5.74, 6) is 1.43. The molecular weight excluding hydrogens is 408 g/mol. The molecule has 0 spiro atoms. The molecule has 3 aromatic rings. The Kier molecular flexibility index (Phi) is 6.72. The van der Waals surface area contributed by atoms with Crippen LogP contribution in [0.25, 0.3) is 22.5 Å². The molecule has 10 nitrogen and oxygen atoms in total. The number of morpholine rings is 1. The number of rotatable bonds is 7. The van der Waals surface area contributed by atoms with Crippen molar-refractivity contribution in [2.24, 2.45) is 0 Å². The number of hydrogen-bond acceptors (Lipinski definition) is 10. The summed E-state index contributed by atoms with van der Waals surface area (Å²) in [6, 6.07) is 3.85. The summed E-state index contributed by atoms with van der Waals surface area (Å²) < 4.78 is 11.3. The molecule has 0 saturated carbocycles. The van der Waals surface area contributed by atoms with Crippen LogP contribution in [0.3, 0.4) is 0 Å². The Bertz CT molecular complexity index is 1050. The predicted molar refractivity (Wildman–Crippen MR) is 123 cm³/mol. The highest BCUT2D eigenvalue weighted by Crippen LogP contribution is 2.32. The first-order chi connectivity index (χ1) is 15.5. The topological polar surface area (TPSA) is 115 Å². The number of pyridine rings is 1. The highest BCUT2D eigenvalue weighted by Gasteiger charge is 2.20. The molecule has 0 aliphatic carbocycles. The molecule has 1 fully saturated rings. The monoisotopic (exact) mass is 436 g/mol. The largest absolute Gasteiger partial charge is 0.476 e. The van der Waals surface area contributed by atoms with Gasteiger partial charge in [-0.3, -0.25) is 0 Å². The van der Waals surface area contributed by atoms with Gasteiger partial charge in [0.2, 0.25) is 17.8 Å². The first-order valence-corrected chi connectivity index (χ1v) is 10.5. The van der Waals surface area contributed by atoms with Crippen LogP contribution in [0.1, 0.15) is 5.56 Å². The molecule has 3 aromatic heterocycles. The van der Waals surface area contributed by atoms with Gasteiger partial charge in [0.05, 0.1) is 24.6 Å². The summed E-state index contributed by atoms with van der Waals surface area (Å²) in [7, 11) is 4.01. The molecule has 10 heteroatoms.